The van der Waals surface area contributed by atoms with Crippen molar-refractivity contribution in [2.45, 2.75) is 13.0 Å². The van der Waals surface area contributed by atoms with Crippen molar-refractivity contribution in [3.05, 3.63) is 17.2 Å². The van der Waals surface area contributed by atoms with E-state index < -0.39 is 0 Å². The van der Waals surface area contributed by atoms with Crippen LogP contribution in [-0.2, 0) is 7.05 Å². The Bertz CT molecular complexity index is 378. The molecule has 1 aliphatic heterocycles. The minimum Gasteiger partial charge on any atom is -0.335 e. The van der Waals surface area contributed by atoms with Crippen molar-refractivity contribution in [2.24, 2.45) is 7.05 Å². The summed E-state index contributed by atoms with van der Waals surface area (Å²) >= 11 is 6.25. The number of piperazine rings is 1. The molecule has 1 fully saturated rings. The zero-order valence-electron chi connectivity index (χ0n) is 12.1. The number of nitrogens with one attached hydrogen (secondary N) is 1. The zero-order valence-corrected chi connectivity index (χ0v) is 12.8. The fraction of sp³-hybridized carbons (Fsp3) is 0.769. The number of imidazole rings is 1. The molecule has 1 aromatic heterocycles. The minimum atomic E-state index is 0.295. The molecule has 0 saturated carbocycles. The highest BCUT2D eigenvalue weighted by atomic mass is 35.5. The second kappa shape index (κ2) is 6.70. The van der Waals surface area contributed by atoms with E-state index in [4.69, 9.17) is 11.6 Å². The lowest BCUT2D eigenvalue weighted by Crippen LogP contribution is -2.49. The maximum Gasteiger partial charge on any atom is 0.151 e. The molecule has 0 spiro atoms. The predicted molar refractivity (Wildman–Crippen MR) is 78.6 cm³/mol. The SMILES string of the molecule is CCN1CCN(C(CNC)c2c(Cl)ncn2C)CC1. The number of aryl methyl sites for hydroxylation is 1. The topological polar surface area (TPSA) is 36.3 Å². The van der Waals surface area contributed by atoms with Crippen molar-refractivity contribution in [3.8, 4) is 0 Å². The summed E-state index contributed by atoms with van der Waals surface area (Å²) in [5.74, 6) is 0. The second-order valence-electron chi connectivity index (χ2n) is 5.08. The summed E-state index contributed by atoms with van der Waals surface area (Å²) < 4.78 is 2.04. The molecule has 5 nitrogen and oxygen atoms in total. The third-order valence-corrected chi connectivity index (χ3v) is 4.23. The molecule has 2 rings (SSSR count). The van der Waals surface area contributed by atoms with E-state index >= 15 is 0 Å². The lowest BCUT2D eigenvalue weighted by molar-refractivity contribution is 0.0963. The Hall–Kier alpha value is -0.620. The van der Waals surface area contributed by atoms with Gasteiger partial charge in [0, 0.05) is 39.8 Å². The van der Waals surface area contributed by atoms with Crippen molar-refractivity contribution in [1.82, 2.24) is 24.7 Å². The van der Waals surface area contributed by atoms with E-state index in [2.05, 4.69) is 27.0 Å². The first-order valence-electron chi connectivity index (χ1n) is 6.95. The molecular weight excluding hydrogens is 262 g/mol. The van der Waals surface area contributed by atoms with Crippen molar-refractivity contribution in [2.75, 3.05) is 46.3 Å². The molecule has 0 aliphatic carbocycles. The van der Waals surface area contributed by atoms with Crippen LogP contribution in [0.4, 0.5) is 0 Å². The van der Waals surface area contributed by atoms with Crippen LogP contribution in [0.15, 0.2) is 6.33 Å². The van der Waals surface area contributed by atoms with E-state index in [-0.39, 0.29) is 0 Å². The van der Waals surface area contributed by atoms with Crippen molar-refractivity contribution in [1.29, 1.82) is 0 Å². The van der Waals surface area contributed by atoms with Crippen LogP contribution < -0.4 is 5.32 Å². The van der Waals surface area contributed by atoms with Gasteiger partial charge in [-0.1, -0.05) is 18.5 Å². The van der Waals surface area contributed by atoms with E-state index in [1.165, 1.54) is 0 Å². The molecule has 0 amide bonds. The second-order valence-corrected chi connectivity index (χ2v) is 5.43. The highest BCUT2D eigenvalue weighted by Crippen LogP contribution is 2.26. The highest BCUT2D eigenvalue weighted by Gasteiger charge is 2.27. The summed E-state index contributed by atoms with van der Waals surface area (Å²) in [7, 11) is 4.00. The summed E-state index contributed by atoms with van der Waals surface area (Å²) in [6.07, 6.45) is 1.79. The van der Waals surface area contributed by atoms with E-state index in [0.717, 1.165) is 45.0 Å². The van der Waals surface area contributed by atoms with Crippen molar-refractivity contribution >= 4 is 11.6 Å². The van der Waals surface area contributed by atoms with E-state index in [1.807, 2.05) is 18.7 Å². The summed E-state index contributed by atoms with van der Waals surface area (Å²) in [5.41, 5.74) is 1.11. The Kier molecular flexibility index (Phi) is 5.21. The van der Waals surface area contributed by atoms with Gasteiger partial charge in [-0.2, -0.15) is 0 Å². The van der Waals surface area contributed by atoms with Gasteiger partial charge in [0.1, 0.15) is 0 Å². The normalized spacial score (nSPS) is 19.8. The average Bonchev–Trinajstić information content (AvgIpc) is 2.76. The van der Waals surface area contributed by atoms with E-state index in [9.17, 15) is 0 Å². The van der Waals surface area contributed by atoms with Gasteiger partial charge in [0.2, 0.25) is 0 Å². The molecule has 2 heterocycles. The molecule has 0 radical (unpaired) electrons. The Labute approximate surface area is 120 Å². The summed E-state index contributed by atoms with van der Waals surface area (Å²) in [6, 6.07) is 0.295. The van der Waals surface area contributed by atoms with Crippen molar-refractivity contribution < 1.29 is 0 Å². The number of hydrogen-bond donors (Lipinski definition) is 1. The molecular formula is C13H24ClN5. The van der Waals surface area contributed by atoms with Crippen LogP contribution in [0, 0.1) is 0 Å². The number of likely N-dealkylation sites (N-methyl/N-ethyl adjacent to an activating group) is 2. The number of hydrogen-bond acceptors (Lipinski definition) is 4. The van der Waals surface area contributed by atoms with Crippen LogP contribution in [0.5, 0.6) is 0 Å². The molecule has 1 aliphatic rings. The summed E-state index contributed by atoms with van der Waals surface area (Å²) in [5, 5.41) is 3.90. The van der Waals surface area contributed by atoms with Gasteiger partial charge in [-0.25, -0.2) is 4.98 Å². The van der Waals surface area contributed by atoms with Crippen LogP contribution in [0.25, 0.3) is 0 Å². The van der Waals surface area contributed by atoms with Crippen LogP contribution in [-0.4, -0.2) is 65.7 Å². The van der Waals surface area contributed by atoms with Gasteiger partial charge < -0.3 is 14.8 Å². The van der Waals surface area contributed by atoms with Gasteiger partial charge >= 0.3 is 0 Å². The van der Waals surface area contributed by atoms with E-state index in [0.29, 0.717) is 11.2 Å². The Morgan fingerprint density at radius 3 is 2.53 bits per heavy atom. The molecule has 1 N–H and O–H groups in total. The van der Waals surface area contributed by atoms with Gasteiger partial charge in [-0.3, -0.25) is 4.90 Å². The molecule has 6 heteroatoms. The Morgan fingerprint density at radius 2 is 2.05 bits per heavy atom. The standard InChI is InChI=1S/C13H24ClN5/c1-4-18-5-7-19(8-6-18)11(9-15-2)12-13(14)16-10-17(12)3/h10-11,15H,4-9H2,1-3H3. The molecule has 1 aromatic rings. The maximum absolute atomic E-state index is 6.25. The van der Waals surface area contributed by atoms with Crippen LogP contribution in [0.2, 0.25) is 5.15 Å². The number of nitrogens with zero attached hydrogens (tertiary/aromatic N) is 4. The maximum atomic E-state index is 6.25. The van der Waals surface area contributed by atoms with Crippen molar-refractivity contribution in [3.63, 3.8) is 0 Å². The van der Waals surface area contributed by atoms with Crippen LogP contribution in [0.3, 0.4) is 0 Å². The monoisotopic (exact) mass is 285 g/mol. The number of halogens is 1. The van der Waals surface area contributed by atoms with Crippen LogP contribution >= 0.6 is 11.6 Å². The Morgan fingerprint density at radius 1 is 1.37 bits per heavy atom. The van der Waals surface area contributed by atoms with Gasteiger partial charge in [0.15, 0.2) is 5.15 Å². The molecule has 0 aromatic carbocycles. The van der Waals surface area contributed by atoms with Gasteiger partial charge in [-0.15, -0.1) is 0 Å². The average molecular weight is 286 g/mol. The first kappa shape index (κ1) is 14.8. The molecule has 0 bridgehead atoms. The minimum absolute atomic E-state index is 0.295. The zero-order chi connectivity index (χ0) is 13.8. The molecule has 1 atom stereocenters. The highest BCUT2D eigenvalue weighted by molar-refractivity contribution is 6.30. The molecule has 19 heavy (non-hydrogen) atoms. The summed E-state index contributed by atoms with van der Waals surface area (Å²) in [6.45, 7) is 8.68. The smallest absolute Gasteiger partial charge is 0.151 e. The fourth-order valence-corrected chi connectivity index (χ4v) is 3.07. The number of rotatable bonds is 5. The van der Waals surface area contributed by atoms with Gasteiger partial charge in [0.25, 0.3) is 0 Å². The number of aromatic nitrogens is 2. The van der Waals surface area contributed by atoms with Gasteiger partial charge in [0.05, 0.1) is 18.1 Å². The van der Waals surface area contributed by atoms with Crippen LogP contribution in [0.1, 0.15) is 18.7 Å². The molecule has 1 unspecified atom stereocenters. The molecule has 1 saturated heterocycles. The molecule has 108 valence electrons. The quantitative estimate of drug-likeness (QED) is 0.875. The third kappa shape index (κ3) is 3.28. The van der Waals surface area contributed by atoms with Gasteiger partial charge in [-0.05, 0) is 13.6 Å². The fourth-order valence-electron chi connectivity index (χ4n) is 2.77. The summed E-state index contributed by atoms with van der Waals surface area (Å²) in [4.78, 5) is 9.20. The first-order valence-corrected chi connectivity index (χ1v) is 7.32. The lowest BCUT2D eigenvalue weighted by Gasteiger charge is -2.39. The first-order chi connectivity index (χ1) is 9.17. The lowest BCUT2D eigenvalue weighted by atomic mass is 10.1. The largest absolute Gasteiger partial charge is 0.335 e. The van der Waals surface area contributed by atoms with E-state index in [1.54, 1.807) is 6.33 Å². The Balaban J connectivity index is 2.13. The predicted octanol–water partition coefficient (Wildman–Crippen LogP) is 0.971. The third-order valence-electron chi connectivity index (χ3n) is 3.94.